The second-order valence-electron chi connectivity index (χ2n) is 7.60. The molecule has 1 amide bonds. The highest BCUT2D eigenvalue weighted by molar-refractivity contribution is 7.71. The van der Waals surface area contributed by atoms with Crippen LogP contribution in [0.1, 0.15) is 12.8 Å². The molecule has 0 unspecified atom stereocenters. The summed E-state index contributed by atoms with van der Waals surface area (Å²) in [5, 5.41) is 0.608. The van der Waals surface area contributed by atoms with Gasteiger partial charge in [0.15, 0.2) is 4.77 Å². The number of benzene rings is 2. The van der Waals surface area contributed by atoms with Crippen molar-refractivity contribution in [1.82, 2.24) is 14.5 Å². The Balaban J connectivity index is 1.30. The molecule has 7 nitrogen and oxygen atoms in total. The van der Waals surface area contributed by atoms with Gasteiger partial charge in [0.1, 0.15) is 5.75 Å². The molecule has 1 aromatic heterocycles. The van der Waals surface area contributed by atoms with Gasteiger partial charge in [-0.25, -0.2) is 0 Å². The molecular formula is C23H26N4O3S. The molecule has 8 heteroatoms. The van der Waals surface area contributed by atoms with E-state index >= 15 is 0 Å². The summed E-state index contributed by atoms with van der Waals surface area (Å²) in [6.45, 7) is 3.42. The first-order chi connectivity index (χ1) is 15.1. The van der Waals surface area contributed by atoms with Crippen LogP contribution in [0.5, 0.6) is 5.75 Å². The topological polar surface area (TPSA) is 70.6 Å². The molecule has 1 aliphatic heterocycles. The predicted molar refractivity (Wildman–Crippen MR) is 124 cm³/mol. The summed E-state index contributed by atoms with van der Waals surface area (Å²) < 4.78 is 7.15. The molecule has 0 radical (unpaired) electrons. The monoisotopic (exact) mass is 438 g/mol. The van der Waals surface area contributed by atoms with Crippen LogP contribution in [-0.4, -0.2) is 53.6 Å². The van der Waals surface area contributed by atoms with Gasteiger partial charge in [-0.05, 0) is 55.0 Å². The van der Waals surface area contributed by atoms with Crippen LogP contribution < -0.4 is 15.2 Å². The van der Waals surface area contributed by atoms with E-state index in [1.165, 1.54) is 0 Å². The summed E-state index contributed by atoms with van der Waals surface area (Å²) in [7, 11) is 1.66. The van der Waals surface area contributed by atoms with Crippen molar-refractivity contribution in [2.45, 2.75) is 19.4 Å². The average molecular weight is 439 g/mol. The van der Waals surface area contributed by atoms with Crippen LogP contribution in [0.25, 0.3) is 10.9 Å². The molecule has 1 N–H and O–H groups in total. The van der Waals surface area contributed by atoms with Gasteiger partial charge in [-0.1, -0.05) is 12.1 Å². The van der Waals surface area contributed by atoms with E-state index in [1.807, 2.05) is 47.4 Å². The zero-order chi connectivity index (χ0) is 21.8. The average Bonchev–Trinajstić information content (AvgIpc) is 2.81. The summed E-state index contributed by atoms with van der Waals surface area (Å²) in [5.41, 5.74) is 1.76. The third kappa shape index (κ3) is 4.64. The Morgan fingerprint density at radius 1 is 1.06 bits per heavy atom. The molecule has 31 heavy (non-hydrogen) atoms. The van der Waals surface area contributed by atoms with E-state index in [0.717, 1.165) is 30.0 Å². The number of hydrogen-bond acceptors (Lipinski definition) is 5. The van der Waals surface area contributed by atoms with Crippen molar-refractivity contribution in [3.8, 4) is 5.75 Å². The molecule has 0 bridgehead atoms. The molecule has 1 fully saturated rings. The zero-order valence-electron chi connectivity index (χ0n) is 17.5. The highest BCUT2D eigenvalue weighted by Crippen LogP contribution is 2.20. The molecule has 1 saturated heterocycles. The van der Waals surface area contributed by atoms with E-state index < -0.39 is 0 Å². The van der Waals surface area contributed by atoms with Gasteiger partial charge >= 0.3 is 0 Å². The van der Waals surface area contributed by atoms with Crippen LogP contribution in [0.3, 0.4) is 0 Å². The van der Waals surface area contributed by atoms with Crippen molar-refractivity contribution in [1.29, 1.82) is 0 Å². The van der Waals surface area contributed by atoms with Crippen LogP contribution in [0.4, 0.5) is 5.69 Å². The van der Waals surface area contributed by atoms with E-state index in [0.29, 0.717) is 42.6 Å². The van der Waals surface area contributed by atoms with Crippen LogP contribution in [0.15, 0.2) is 53.3 Å². The Labute approximate surface area is 185 Å². The number of aromatic nitrogens is 2. The molecule has 0 atom stereocenters. The molecule has 2 aromatic carbocycles. The number of carbonyl (C=O) groups is 1. The van der Waals surface area contributed by atoms with E-state index in [2.05, 4.69) is 9.88 Å². The van der Waals surface area contributed by atoms with E-state index in [1.54, 1.807) is 17.7 Å². The largest absolute Gasteiger partial charge is 0.497 e. The SMILES string of the molecule is COc1ccc(N2CCN(C(=O)CCCn3c(=S)[nH]c4ccccc4c3=O)CC2)cc1. The van der Waals surface area contributed by atoms with Crippen molar-refractivity contribution in [2.24, 2.45) is 0 Å². The van der Waals surface area contributed by atoms with Gasteiger partial charge in [-0.2, -0.15) is 0 Å². The van der Waals surface area contributed by atoms with Gasteiger partial charge < -0.3 is 19.5 Å². The second kappa shape index (κ2) is 9.34. The lowest BCUT2D eigenvalue weighted by atomic mass is 10.2. The van der Waals surface area contributed by atoms with Crippen LogP contribution in [0.2, 0.25) is 0 Å². The Bertz CT molecular complexity index is 1180. The number of amides is 1. The molecule has 2 heterocycles. The normalized spacial score (nSPS) is 14.1. The lowest BCUT2D eigenvalue weighted by molar-refractivity contribution is -0.131. The second-order valence-corrected chi connectivity index (χ2v) is 7.99. The van der Waals surface area contributed by atoms with E-state index in [4.69, 9.17) is 17.0 Å². The smallest absolute Gasteiger partial charge is 0.262 e. The molecule has 0 saturated carbocycles. The maximum Gasteiger partial charge on any atom is 0.262 e. The number of carbonyl (C=O) groups excluding carboxylic acids is 1. The quantitative estimate of drug-likeness (QED) is 0.599. The molecule has 0 aliphatic carbocycles. The molecule has 1 aliphatic rings. The summed E-state index contributed by atoms with van der Waals surface area (Å²) in [4.78, 5) is 32.7. The van der Waals surface area contributed by atoms with Crippen LogP contribution in [-0.2, 0) is 11.3 Å². The van der Waals surface area contributed by atoms with Crippen molar-refractivity contribution in [2.75, 3.05) is 38.2 Å². The number of hydrogen-bond donors (Lipinski definition) is 1. The summed E-state index contributed by atoms with van der Waals surface area (Å²) in [5.74, 6) is 0.959. The van der Waals surface area contributed by atoms with Gasteiger partial charge in [0.2, 0.25) is 5.91 Å². The highest BCUT2D eigenvalue weighted by atomic mass is 32.1. The van der Waals surface area contributed by atoms with Gasteiger partial charge in [-0.3, -0.25) is 14.2 Å². The number of anilines is 1. The lowest BCUT2D eigenvalue weighted by Gasteiger charge is -2.36. The summed E-state index contributed by atoms with van der Waals surface area (Å²) >= 11 is 5.34. The number of H-pyrrole nitrogens is 1. The standard InChI is InChI=1S/C23H26N4O3S/c1-30-18-10-8-17(9-11-18)25-13-15-26(16-14-25)21(28)7-4-12-27-22(29)19-5-2-3-6-20(19)24-23(27)31/h2-3,5-6,8-11H,4,7,12-16H2,1H3,(H,24,31). The van der Waals surface area contributed by atoms with Crippen molar-refractivity contribution < 1.29 is 9.53 Å². The number of piperazine rings is 1. The van der Waals surface area contributed by atoms with Crippen LogP contribution >= 0.6 is 12.2 Å². The highest BCUT2D eigenvalue weighted by Gasteiger charge is 2.21. The summed E-state index contributed by atoms with van der Waals surface area (Å²) in [6, 6.07) is 15.3. The Kier molecular flexibility index (Phi) is 6.36. The number of nitrogens with zero attached hydrogens (tertiary/aromatic N) is 3. The first-order valence-corrected chi connectivity index (χ1v) is 10.9. The van der Waals surface area contributed by atoms with Crippen LogP contribution in [0, 0.1) is 4.77 Å². The van der Waals surface area contributed by atoms with Gasteiger partial charge in [0.05, 0.1) is 18.0 Å². The van der Waals surface area contributed by atoms with Gasteiger partial charge in [-0.15, -0.1) is 0 Å². The number of rotatable bonds is 6. The van der Waals surface area contributed by atoms with Crippen molar-refractivity contribution in [3.05, 3.63) is 63.7 Å². The van der Waals surface area contributed by atoms with Gasteiger partial charge in [0, 0.05) is 44.8 Å². The minimum atomic E-state index is -0.111. The fourth-order valence-corrected chi connectivity index (χ4v) is 4.24. The number of ether oxygens (including phenoxy) is 1. The number of fused-ring (bicyclic) bond motifs is 1. The molecule has 3 aromatic rings. The third-order valence-corrected chi connectivity index (χ3v) is 6.05. The Morgan fingerprint density at radius 2 is 1.77 bits per heavy atom. The fourth-order valence-electron chi connectivity index (χ4n) is 3.96. The summed E-state index contributed by atoms with van der Waals surface area (Å²) in [6.07, 6.45) is 0.976. The van der Waals surface area contributed by atoms with E-state index in [9.17, 15) is 9.59 Å². The molecule has 162 valence electrons. The predicted octanol–water partition coefficient (Wildman–Crippen LogP) is 3.20. The number of nitrogens with one attached hydrogen (secondary N) is 1. The first kappa shape index (κ1) is 21.1. The molecular weight excluding hydrogens is 412 g/mol. The van der Waals surface area contributed by atoms with Gasteiger partial charge in [0.25, 0.3) is 5.56 Å². The minimum Gasteiger partial charge on any atom is -0.497 e. The maximum absolute atomic E-state index is 12.7. The number of methoxy groups -OCH3 is 1. The minimum absolute atomic E-state index is 0.111. The van der Waals surface area contributed by atoms with Crippen molar-refractivity contribution >= 4 is 34.7 Å². The fraction of sp³-hybridized carbons (Fsp3) is 0.348. The number of aromatic amines is 1. The molecule has 0 spiro atoms. The number of para-hydroxylation sites is 1. The van der Waals surface area contributed by atoms with Crippen molar-refractivity contribution in [3.63, 3.8) is 0 Å². The molecule has 4 rings (SSSR count). The lowest BCUT2D eigenvalue weighted by Crippen LogP contribution is -2.48. The first-order valence-electron chi connectivity index (χ1n) is 10.5. The Hall–Kier alpha value is -3.13. The maximum atomic E-state index is 12.7. The third-order valence-electron chi connectivity index (χ3n) is 5.73. The Morgan fingerprint density at radius 3 is 2.48 bits per heavy atom. The zero-order valence-corrected chi connectivity index (χ0v) is 18.4. The van der Waals surface area contributed by atoms with E-state index in [-0.39, 0.29) is 11.5 Å².